The normalized spacial score (nSPS) is 11.8. The van der Waals surface area contributed by atoms with Gasteiger partial charge in [0.25, 0.3) is 0 Å². The Kier molecular flexibility index (Phi) is 6.35. The van der Waals surface area contributed by atoms with Crippen LogP contribution in [0.3, 0.4) is 0 Å². The molecule has 0 saturated heterocycles. The van der Waals surface area contributed by atoms with E-state index in [1.54, 1.807) is 0 Å². The van der Waals surface area contributed by atoms with Crippen LogP contribution in [-0.2, 0) is 6.42 Å². The average molecular weight is 621 g/mol. The van der Waals surface area contributed by atoms with Crippen LogP contribution in [0.5, 0.6) is 0 Å². The SMILES string of the molecule is c1ccc2c(c1)-c1ccccc1-c1ccc(Cc3ccc4c(c3)-c3ccccc3-c3ccccc3-c3ccccc3-4)cc1-c1ccccc1-2. The second kappa shape index (κ2) is 11.2. The Balaban J connectivity index is 1.14. The van der Waals surface area contributed by atoms with Crippen LogP contribution in [-0.4, -0.2) is 0 Å². The smallest absolute Gasteiger partial charge is 0.00253 e. The number of hydrogen-bond acceptors (Lipinski definition) is 0. The third kappa shape index (κ3) is 4.45. The van der Waals surface area contributed by atoms with Crippen molar-refractivity contribution in [2.45, 2.75) is 6.42 Å². The van der Waals surface area contributed by atoms with Crippen LogP contribution in [0.15, 0.2) is 182 Å². The molecule has 8 aromatic rings. The van der Waals surface area contributed by atoms with Gasteiger partial charge < -0.3 is 0 Å². The zero-order chi connectivity index (χ0) is 32.3. The molecule has 0 spiro atoms. The maximum atomic E-state index is 2.44. The van der Waals surface area contributed by atoms with E-state index in [9.17, 15) is 0 Å². The van der Waals surface area contributed by atoms with Gasteiger partial charge in [-0.3, -0.25) is 0 Å². The quantitative estimate of drug-likeness (QED) is 0.180. The summed E-state index contributed by atoms with van der Waals surface area (Å²) in [5.41, 5.74) is 23.1. The number of hydrogen-bond donors (Lipinski definition) is 0. The van der Waals surface area contributed by atoms with Gasteiger partial charge in [0.1, 0.15) is 0 Å². The van der Waals surface area contributed by atoms with Crippen LogP contribution >= 0.6 is 0 Å². The summed E-state index contributed by atoms with van der Waals surface area (Å²) in [5.74, 6) is 0. The first-order valence-corrected chi connectivity index (χ1v) is 17.1. The van der Waals surface area contributed by atoms with Crippen molar-refractivity contribution in [3.05, 3.63) is 193 Å². The van der Waals surface area contributed by atoms with Crippen molar-refractivity contribution in [2.24, 2.45) is 0 Å². The monoisotopic (exact) mass is 620 g/mol. The Morgan fingerprint density at radius 1 is 0.184 bits per heavy atom. The Morgan fingerprint density at radius 3 is 0.592 bits per heavy atom. The van der Waals surface area contributed by atoms with Gasteiger partial charge in [0, 0.05) is 0 Å². The van der Waals surface area contributed by atoms with Crippen molar-refractivity contribution in [3.63, 3.8) is 0 Å². The van der Waals surface area contributed by atoms with Crippen LogP contribution in [0.2, 0.25) is 0 Å². The Bertz CT molecular complexity index is 2390. The van der Waals surface area contributed by atoms with E-state index < -0.39 is 0 Å². The minimum Gasteiger partial charge on any atom is -0.0616 e. The summed E-state index contributed by atoms with van der Waals surface area (Å²) in [6.45, 7) is 0. The van der Waals surface area contributed by atoms with E-state index in [2.05, 4.69) is 182 Å². The molecule has 0 fully saturated rings. The molecule has 10 rings (SSSR count). The number of fused-ring (bicyclic) bond motifs is 16. The van der Waals surface area contributed by atoms with Crippen LogP contribution in [0.1, 0.15) is 11.1 Å². The summed E-state index contributed by atoms with van der Waals surface area (Å²) < 4.78 is 0. The molecule has 0 heterocycles. The predicted molar refractivity (Wildman–Crippen MR) is 206 cm³/mol. The molecule has 0 radical (unpaired) electrons. The van der Waals surface area contributed by atoms with Crippen LogP contribution in [0.25, 0.3) is 89.0 Å². The minimum atomic E-state index is 0.849. The summed E-state index contributed by atoms with van der Waals surface area (Å²) in [4.78, 5) is 0. The second-order valence-electron chi connectivity index (χ2n) is 13.2. The van der Waals surface area contributed by atoms with Crippen molar-refractivity contribution < 1.29 is 0 Å². The standard InChI is InChI=1S/C49H32/c1-3-15-36-34(13-1)38-17-5-7-21-42(38)46-27-25-32(30-48(46)44-23-11-9-19-40(36)44)29-33-26-28-47-43-22-8-6-18-39(43)35-14-2-4-16-37(35)41-20-10-12-24-45(41)49(47)31-33/h1-28,30-31H,29H2. The highest BCUT2D eigenvalue weighted by Crippen LogP contribution is 2.49. The van der Waals surface area contributed by atoms with E-state index in [4.69, 9.17) is 0 Å². The van der Waals surface area contributed by atoms with Gasteiger partial charge in [0.2, 0.25) is 0 Å². The predicted octanol–water partition coefficient (Wildman–Crippen LogP) is 13.2. The van der Waals surface area contributed by atoms with Crippen LogP contribution in [0.4, 0.5) is 0 Å². The van der Waals surface area contributed by atoms with Gasteiger partial charge in [-0.1, -0.05) is 182 Å². The Hall–Kier alpha value is -6.24. The van der Waals surface area contributed by atoms with Gasteiger partial charge in [-0.05, 0) is 107 Å². The highest BCUT2D eigenvalue weighted by atomic mass is 14.3. The zero-order valence-corrected chi connectivity index (χ0v) is 27.0. The molecule has 0 nitrogen and oxygen atoms in total. The lowest BCUT2D eigenvalue weighted by atomic mass is 9.79. The summed E-state index contributed by atoms with van der Waals surface area (Å²) in [6.07, 6.45) is 0.849. The maximum Gasteiger partial charge on any atom is -0.00253 e. The van der Waals surface area contributed by atoms with Gasteiger partial charge in [-0.25, -0.2) is 0 Å². The summed E-state index contributed by atoms with van der Waals surface area (Å²) in [6, 6.07) is 67.5. The van der Waals surface area contributed by atoms with E-state index in [0.29, 0.717) is 0 Å². The average Bonchev–Trinajstić information content (AvgIpc) is 3.17. The van der Waals surface area contributed by atoms with Gasteiger partial charge >= 0.3 is 0 Å². The van der Waals surface area contributed by atoms with Gasteiger partial charge in [0.15, 0.2) is 0 Å². The molecule has 0 heteroatoms. The second-order valence-corrected chi connectivity index (χ2v) is 13.2. The molecule has 0 unspecified atom stereocenters. The molecule has 2 aliphatic rings. The Morgan fingerprint density at radius 2 is 0.367 bits per heavy atom. The first-order valence-electron chi connectivity index (χ1n) is 17.1. The first-order chi connectivity index (χ1) is 24.3. The third-order valence-electron chi connectivity index (χ3n) is 10.5. The maximum absolute atomic E-state index is 2.44. The molecule has 228 valence electrons. The van der Waals surface area contributed by atoms with E-state index in [-0.39, 0.29) is 0 Å². The van der Waals surface area contributed by atoms with Crippen molar-refractivity contribution in [1.82, 2.24) is 0 Å². The van der Waals surface area contributed by atoms with Crippen LogP contribution < -0.4 is 0 Å². The van der Waals surface area contributed by atoms with Gasteiger partial charge in [-0.2, -0.15) is 0 Å². The van der Waals surface area contributed by atoms with Crippen molar-refractivity contribution >= 4 is 0 Å². The van der Waals surface area contributed by atoms with E-state index in [1.807, 2.05) is 0 Å². The zero-order valence-electron chi connectivity index (χ0n) is 27.0. The lowest BCUT2D eigenvalue weighted by Gasteiger charge is -2.24. The molecule has 2 aliphatic carbocycles. The fourth-order valence-electron chi connectivity index (χ4n) is 8.27. The fourth-order valence-corrected chi connectivity index (χ4v) is 8.27. The van der Waals surface area contributed by atoms with Crippen molar-refractivity contribution in [1.29, 1.82) is 0 Å². The molecule has 8 aromatic carbocycles. The first kappa shape index (κ1) is 27.8. The third-order valence-corrected chi connectivity index (χ3v) is 10.5. The molecule has 0 aliphatic heterocycles. The van der Waals surface area contributed by atoms with E-state index in [0.717, 1.165) is 6.42 Å². The highest BCUT2D eigenvalue weighted by molar-refractivity contribution is 6.04. The van der Waals surface area contributed by atoms with Crippen LogP contribution in [0, 0.1) is 0 Å². The summed E-state index contributed by atoms with van der Waals surface area (Å²) >= 11 is 0. The fraction of sp³-hybridized carbons (Fsp3) is 0.0204. The minimum absolute atomic E-state index is 0.849. The topological polar surface area (TPSA) is 0 Å². The molecule has 49 heavy (non-hydrogen) atoms. The number of benzene rings is 8. The molecule has 0 saturated carbocycles. The lowest BCUT2D eigenvalue weighted by molar-refractivity contribution is 1.19. The highest BCUT2D eigenvalue weighted by Gasteiger charge is 2.23. The molecule has 0 bridgehead atoms. The summed E-state index contributed by atoms with van der Waals surface area (Å²) in [5, 5.41) is 0. The molecule has 0 amide bonds. The van der Waals surface area contributed by atoms with E-state index in [1.165, 1.54) is 100 Å². The molecule has 0 aromatic heterocycles. The van der Waals surface area contributed by atoms with Gasteiger partial charge in [-0.15, -0.1) is 0 Å². The molecule has 0 N–H and O–H groups in total. The molecular formula is C49H32. The van der Waals surface area contributed by atoms with Gasteiger partial charge in [0.05, 0.1) is 0 Å². The molecule has 0 atom stereocenters. The van der Waals surface area contributed by atoms with E-state index >= 15 is 0 Å². The largest absolute Gasteiger partial charge is 0.0616 e. The Labute approximate surface area is 287 Å². The summed E-state index contributed by atoms with van der Waals surface area (Å²) in [7, 11) is 0. The van der Waals surface area contributed by atoms with Crippen molar-refractivity contribution in [2.75, 3.05) is 0 Å². The lowest BCUT2D eigenvalue weighted by Crippen LogP contribution is -1.99. The number of rotatable bonds is 2. The molecular weight excluding hydrogens is 589 g/mol. The van der Waals surface area contributed by atoms with Crippen molar-refractivity contribution in [3.8, 4) is 89.0 Å².